The van der Waals surface area contributed by atoms with E-state index in [1.165, 1.54) is 5.57 Å². The second kappa shape index (κ2) is 4.84. The zero-order valence-corrected chi connectivity index (χ0v) is 9.23. The zero-order valence-electron chi connectivity index (χ0n) is 9.23. The van der Waals surface area contributed by atoms with E-state index < -0.39 is 0 Å². The Labute approximate surface area is 94.7 Å². The van der Waals surface area contributed by atoms with Gasteiger partial charge in [-0.1, -0.05) is 6.08 Å². The molecular weight excluding hydrogens is 204 g/mol. The van der Waals surface area contributed by atoms with E-state index in [1.807, 2.05) is 0 Å². The molecule has 0 radical (unpaired) electrons. The molecule has 0 N–H and O–H groups in total. The molecule has 1 aliphatic rings. The summed E-state index contributed by atoms with van der Waals surface area (Å²) in [5.41, 5.74) is 1.90. The number of carbonyl (C=O) groups excluding carboxylic acids is 1. The first-order chi connectivity index (χ1) is 7.83. The van der Waals surface area contributed by atoms with Crippen molar-refractivity contribution < 1.29 is 14.3 Å². The van der Waals surface area contributed by atoms with Crippen LogP contribution in [0.5, 0.6) is 11.5 Å². The Kier molecular flexibility index (Phi) is 3.25. The Morgan fingerprint density at radius 3 is 2.75 bits per heavy atom. The Morgan fingerprint density at radius 2 is 2.19 bits per heavy atom. The number of ether oxygens (including phenoxy) is 2. The maximum atomic E-state index is 10.7. The van der Waals surface area contributed by atoms with Crippen molar-refractivity contribution in [1.82, 2.24) is 0 Å². The highest BCUT2D eigenvalue weighted by Gasteiger charge is 2.09. The van der Waals surface area contributed by atoms with Crippen LogP contribution in [-0.4, -0.2) is 20.0 Å². The third-order valence-corrected chi connectivity index (χ3v) is 2.64. The van der Waals surface area contributed by atoms with Crippen LogP contribution in [-0.2, 0) is 0 Å². The van der Waals surface area contributed by atoms with Crippen LogP contribution in [0.3, 0.4) is 0 Å². The summed E-state index contributed by atoms with van der Waals surface area (Å²) in [7, 11) is 1.59. The van der Waals surface area contributed by atoms with Crippen molar-refractivity contribution in [2.75, 3.05) is 13.7 Å². The average Bonchev–Trinajstić information content (AvgIpc) is 2.26. The zero-order chi connectivity index (χ0) is 11.4. The fourth-order valence-corrected chi connectivity index (χ4v) is 1.53. The topological polar surface area (TPSA) is 35.5 Å². The summed E-state index contributed by atoms with van der Waals surface area (Å²) in [6.07, 6.45) is 5.21. The first kappa shape index (κ1) is 10.7. The molecule has 0 unspecified atom stereocenters. The highest BCUT2D eigenvalue weighted by molar-refractivity contribution is 5.76. The van der Waals surface area contributed by atoms with Crippen molar-refractivity contribution in [3.05, 3.63) is 35.4 Å². The van der Waals surface area contributed by atoms with E-state index in [-0.39, 0.29) is 0 Å². The predicted molar refractivity (Wildman–Crippen MR) is 61.2 cm³/mol. The molecule has 3 heteroatoms. The van der Waals surface area contributed by atoms with E-state index in [1.54, 1.807) is 25.3 Å². The number of rotatable bonds is 5. The molecule has 1 aliphatic carbocycles. The first-order valence-electron chi connectivity index (χ1n) is 5.27. The molecule has 1 aromatic rings. The van der Waals surface area contributed by atoms with Gasteiger partial charge in [-0.05, 0) is 36.6 Å². The fraction of sp³-hybridized carbons (Fsp3) is 0.308. The summed E-state index contributed by atoms with van der Waals surface area (Å²) in [6.45, 7) is 0.582. The molecule has 0 aromatic heterocycles. The van der Waals surface area contributed by atoms with E-state index in [2.05, 4.69) is 6.08 Å². The van der Waals surface area contributed by atoms with Crippen molar-refractivity contribution in [1.29, 1.82) is 0 Å². The Hall–Kier alpha value is -1.77. The Balaban J connectivity index is 2.12. The highest BCUT2D eigenvalue weighted by Crippen LogP contribution is 2.29. The molecule has 0 saturated heterocycles. The maximum Gasteiger partial charge on any atom is 0.162 e. The molecule has 0 heterocycles. The summed E-state index contributed by atoms with van der Waals surface area (Å²) in [5.74, 6) is 1.28. The standard InChI is InChI=1S/C13H14O3/c1-15-12-6-5-11(8-14)7-13(12)16-9-10-3-2-4-10/h3,5-8H,2,4,9H2,1H3. The van der Waals surface area contributed by atoms with Gasteiger partial charge < -0.3 is 9.47 Å². The summed E-state index contributed by atoms with van der Waals surface area (Å²) < 4.78 is 10.8. The lowest BCUT2D eigenvalue weighted by molar-refractivity contribution is 0.112. The lowest BCUT2D eigenvalue weighted by atomic mass is 10.0. The van der Waals surface area contributed by atoms with Gasteiger partial charge >= 0.3 is 0 Å². The van der Waals surface area contributed by atoms with E-state index in [0.29, 0.717) is 23.7 Å². The van der Waals surface area contributed by atoms with E-state index in [4.69, 9.17) is 9.47 Å². The van der Waals surface area contributed by atoms with Gasteiger partial charge in [-0.3, -0.25) is 4.79 Å². The van der Waals surface area contributed by atoms with Gasteiger partial charge in [-0.25, -0.2) is 0 Å². The molecule has 3 nitrogen and oxygen atoms in total. The van der Waals surface area contributed by atoms with Crippen LogP contribution in [0.4, 0.5) is 0 Å². The van der Waals surface area contributed by atoms with Crippen LogP contribution in [0.25, 0.3) is 0 Å². The maximum absolute atomic E-state index is 10.7. The van der Waals surface area contributed by atoms with Gasteiger partial charge in [-0.2, -0.15) is 0 Å². The number of hydrogen-bond donors (Lipinski definition) is 0. The Morgan fingerprint density at radius 1 is 1.38 bits per heavy atom. The number of aldehydes is 1. The molecule has 2 rings (SSSR count). The lowest BCUT2D eigenvalue weighted by Crippen LogP contribution is -2.07. The minimum atomic E-state index is 0.582. The number of hydrogen-bond acceptors (Lipinski definition) is 3. The lowest BCUT2D eigenvalue weighted by Gasteiger charge is -2.16. The molecule has 0 fully saturated rings. The third kappa shape index (κ3) is 2.24. The van der Waals surface area contributed by atoms with Crippen molar-refractivity contribution >= 4 is 6.29 Å². The van der Waals surface area contributed by atoms with Crippen molar-refractivity contribution in [3.63, 3.8) is 0 Å². The monoisotopic (exact) mass is 218 g/mol. The second-order valence-electron chi connectivity index (χ2n) is 3.72. The smallest absolute Gasteiger partial charge is 0.162 e. The van der Waals surface area contributed by atoms with Crippen LogP contribution in [0.1, 0.15) is 23.2 Å². The molecule has 0 spiro atoms. The fourth-order valence-electron chi connectivity index (χ4n) is 1.53. The van der Waals surface area contributed by atoms with Gasteiger partial charge in [0, 0.05) is 5.56 Å². The van der Waals surface area contributed by atoms with Gasteiger partial charge in [0.05, 0.1) is 7.11 Å². The van der Waals surface area contributed by atoms with Crippen LogP contribution < -0.4 is 9.47 Å². The minimum Gasteiger partial charge on any atom is -0.493 e. The first-order valence-corrected chi connectivity index (χ1v) is 5.27. The predicted octanol–water partition coefficient (Wildman–Crippen LogP) is 2.61. The van der Waals surface area contributed by atoms with Crippen molar-refractivity contribution in [3.8, 4) is 11.5 Å². The van der Waals surface area contributed by atoms with Gasteiger partial charge in [-0.15, -0.1) is 0 Å². The van der Waals surface area contributed by atoms with E-state index >= 15 is 0 Å². The molecule has 0 bridgehead atoms. The summed E-state index contributed by atoms with van der Waals surface area (Å²) in [6, 6.07) is 5.15. The number of carbonyl (C=O) groups is 1. The highest BCUT2D eigenvalue weighted by atomic mass is 16.5. The molecule has 1 aromatic carbocycles. The normalized spacial score (nSPS) is 13.7. The van der Waals surface area contributed by atoms with Crippen LogP contribution in [0, 0.1) is 0 Å². The molecule has 0 saturated carbocycles. The third-order valence-electron chi connectivity index (χ3n) is 2.64. The van der Waals surface area contributed by atoms with E-state index in [9.17, 15) is 4.79 Å². The quantitative estimate of drug-likeness (QED) is 0.563. The molecule has 0 aliphatic heterocycles. The van der Waals surface area contributed by atoms with Crippen LogP contribution in [0.2, 0.25) is 0 Å². The van der Waals surface area contributed by atoms with E-state index in [0.717, 1.165) is 19.1 Å². The van der Waals surface area contributed by atoms with Crippen molar-refractivity contribution in [2.45, 2.75) is 12.8 Å². The van der Waals surface area contributed by atoms with Gasteiger partial charge in [0.1, 0.15) is 12.9 Å². The average molecular weight is 218 g/mol. The van der Waals surface area contributed by atoms with Gasteiger partial charge in [0.15, 0.2) is 11.5 Å². The molecule has 0 amide bonds. The minimum absolute atomic E-state index is 0.582. The van der Waals surface area contributed by atoms with Gasteiger partial charge in [0.25, 0.3) is 0 Å². The number of methoxy groups -OCH3 is 1. The van der Waals surface area contributed by atoms with Gasteiger partial charge in [0.2, 0.25) is 0 Å². The molecular formula is C13H14O3. The SMILES string of the molecule is COc1ccc(C=O)cc1OCC1=CCC1. The summed E-state index contributed by atoms with van der Waals surface area (Å²) >= 11 is 0. The number of allylic oxidation sites excluding steroid dienone is 1. The number of benzene rings is 1. The van der Waals surface area contributed by atoms with Crippen molar-refractivity contribution in [2.24, 2.45) is 0 Å². The summed E-state index contributed by atoms with van der Waals surface area (Å²) in [4.78, 5) is 10.7. The summed E-state index contributed by atoms with van der Waals surface area (Å²) in [5, 5.41) is 0. The molecule has 16 heavy (non-hydrogen) atoms. The Bertz CT molecular complexity index is 421. The van der Waals surface area contributed by atoms with Crippen LogP contribution >= 0.6 is 0 Å². The molecule has 84 valence electrons. The molecule has 0 atom stereocenters. The second-order valence-corrected chi connectivity index (χ2v) is 3.72. The largest absolute Gasteiger partial charge is 0.493 e. The van der Waals surface area contributed by atoms with Crippen LogP contribution in [0.15, 0.2) is 29.8 Å².